The standard InChI is InChI=1S/C17H21N3O4S2/c1-24-14-7-5-12(6-8-14)15-11-25-17(18-15)19-16(21)13-4-3-9-20(10-13)26(2,22)23/h5-8,11,13H,3-4,9-10H2,1-2H3,(H,18,19,21). The molecule has 1 unspecified atom stereocenters. The van der Waals surface area contributed by atoms with Gasteiger partial charge in [0.15, 0.2) is 5.13 Å². The quantitative estimate of drug-likeness (QED) is 0.840. The number of amides is 1. The van der Waals surface area contributed by atoms with E-state index >= 15 is 0 Å². The lowest BCUT2D eigenvalue weighted by Gasteiger charge is -2.29. The molecule has 1 fully saturated rings. The van der Waals surface area contributed by atoms with Crippen LogP contribution in [-0.4, -0.2) is 50.1 Å². The fraction of sp³-hybridized carbons (Fsp3) is 0.412. The highest BCUT2D eigenvalue weighted by atomic mass is 32.2. The molecule has 1 amide bonds. The van der Waals surface area contributed by atoms with Crippen molar-refractivity contribution in [3.63, 3.8) is 0 Å². The number of carbonyl (C=O) groups is 1. The van der Waals surface area contributed by atoms with E-state index in [0.717, 1.165) is 17.0 Å². The zero-order valence-electron chi connectivity index (χ0n) is 14.6. The summed E-state index contributed by atoms with van der Waals surface area (Å²) in [5.74, 6) is 0.228. The van der Waals surface area contributed by atoms with Crippen molar-refractivity contribution in [1.29, 1.82) is 0 Å². The van der Waals surface area contributed by atoms with E-state index in [1.54, 1.807) is 7.11 Å². The Kier molecular flexibility index (Phi) is 5.59. The first-order valence-electron chi connectivity index (χ1n) is 8.23. The van der Waals surface area contributed by atoms with Gasteiger partial charge in [0.05, 0.1) is 25.0 Å². The molecule has 9 heteroatoms. The normalized spacial score (nSPS) is 18.5. The molecule has 7 nitrogen and oxygen atoms in total. The van der Waals surface area contributed by atoms with Crippen LogP contribution in [0.2, 0.25) is 0 Å². The van der Waals surface area contributed by atoms with E-state index in [1.807, 2.05) is 29.6 Å². The Morgan fingerprint density at radius 3 is 2.73 bits per heavy atom. The van der Waals surface area contributed by atoms with Gasteiger partial charge in [-0.2, -0.15) is 0 Å². The molecule has 0 bridgehead atoms. The topological polar surface area (TPSA) is 88.6 Å². The predicted octanol–water partition coefficient (Wildman–Crippen LogP) is 2.43. The Bertz CT molecular complexity index is 878. The zero-order valence-corrected chi connectivity index (χ0v) is 16.3. The van der Waals surface area contributed by atoms with Gasteiger partial charge in [-0.3, -0.25) is 4.79 Å². The first kappa shape index (κ1) is 18.8. The molecule has 1 aliphatic heterocycles. The van der Waals surface area contributed by atoms with Gasteiger partial charge in [0, 0.05) is 24.0 Å². The molecule has 1 N–H and O–H groups in total. The van der Waals surface area contributed by atoms with E-state index in [1.165, 1.54) is 21.9 Å². The second-order valence-electron chi connectivity index (χ2n) is 6.22. The minimum Gasteiger partial charge on any atom is -0.497 e. The predicted molar refractivity (Wildman–Crippen MR) is 102 cm³/mol. The minimum absolute atomic E-state index is 0.186. The van der Waals surface area contributed by atoms with Gasteiger partial charge in [-0.25, -0.2) is 17.7 Å². The van der Waals surface area contributed by atoms with Crippen molar-refractivity contribution in [1.82, 2.24) is 9.29 Å². The van der Waals surface area contributed by atoms with Gasteiger partial charge in [-0.05, 0) is 37.1 Å². The summed E-state index contributed by atoms with van der Waals surface area (Å²) in [7, 11) is -1.66. The maximum atomic E-state index is 12.5. The van der Waals surface area contributed by atoms with Gasteiger partial charge in [-0.15, -0.1) is 11.3 Å². The fourth-order valence-corrected chi connectivity index (χ4v) is 4.52. The van der Waals surface area contributed by atoms with E-state index in [4.69, 9.17) is 4.74 Å². The summed E-state index contributed by atoms with van der Waals surface area (Å²) in [4.78, 5) is 16.9. The summed E-state index contributed by atoms with van der Waals surface area (Å²) in [6, 6.07) is 7.53. The first-order valence-corrected chi connectivity index (χ1v) is 11.0. The molecule has 26 heavy (non-hydrogen) atoms. The number of benzene rings is 1. The van der Waals surface area contributed by atoms with E-state index in [-0.39, 0.29) is 18.4 Å². The highest BCUT2D eigenvalue weighted by Crippen LogP contribution is 2.27. The molecule has 1 aromatic carbocycles. The molecular formula is C17H21N3O4S2. The lowest BCUT2D eigenvalue weighted by molar-refractivity contribution is -0.120. The summed E-state index contributed by atoms with van der Waals surface area (Å²) >= 11 is 1.35. The van der Waals surface area contributed by atoms with Crippen LogP contribution in [0.4, 0.5) is 5.13 Å². The Hall–Kier alpha value is -1.97. The monoisotopic (exact) mass is 395 g/mol. The third-order valence-electron chi connectivity index (χ3n) is 4.34. The maximum absolute atomic E-state index is 12.5. The van der Waals surface area contributed by atoms with Gasteiger partial charge >= 0.3 is 0 Å². The SMILES string of the molecule is COc1ccc(-c2csc(NC(=O)C3CCCN(S(C)(=O)=O)C3)n2)cc1. The molecule has 1 atom stereocenters. The van der Waals surface area contributed by atoms with Crippen LogP contribution in [0.3, 0.4) is 0 Å². The molecule has 0 aliphatic carbocycles. The van der Waals surface area contributed by atoms with Crippen LogP contribution in [0.25, 0.3) is 11.3 Å². The minimum atomic E-state index is -3.27. The Morgan fingerprint density at radius 1 is 1.35 bits per heavy atom. The molecule has 3 rings (SSSR count). The molecule has 0 saturated carbocycles. The van der Waals surface area contributed by atoms with Crippen LogP contribution in [-0.2, 0) is 14.8 Å². The average Bonchev–Trinajstić information content (AvgIpc) is 3.09. The van der Waals surface area contributed by atoms with Crippen molar-refractivity contribution in [3.05, 3.63) is 29.6 Å². The number of nitrogens with one attached hydrogen (secondary N) is 1. The van der Waals surface area contributed by atoms with Crippen LogP contribution < -0.4 is 10.1 Å². The van der Waals surface area contributed by atoms with E-state index in [9.17, 15) is 13.2 Å². The average molecular weight is 396 g/mol. The highest BCUT2D eigenvalue weighted by molar-refractivity contribution is 7.88. The largest absolute Gasteiger partial charge is 0.497 e. The van der Waals surface area contributed by atoms with Crippen molar-refractivity contribution >= 4 is 32.4 Å². The highest BCUT2D eigenvalue weighted by Gasteiger charge is 2.30. The van der Waals surface area contributed by atoms with E-state index < -0.39 is 10.0 Å². The Labute approximate surface area is 157 Å². The summed E-state index contributed by atoms with van der Waals surface area (Å²) in [5.41, 5.74) is 1.71. The third-order valence-corrected chi connectivity index (χ3v) is 6.37. The van der Waals surface area contributed by atoms with Crippen LogP contribution in [0, 0.1) is 5.92 Å². The van der Waals surface area contributed by atoms with E-state index in [2.05, 4.69) is 10.3 Å². The van der Waals surface area contributed by atoms with Crippen molar-refractivity contribution in [2.24, 2.45) is 5.92 Å². The molecule has 1 aromatic heterocycles. The fourth-order valence-electron chi connectivity index (χ4n) is 2.89. The number of nitrogens with zero attached hydrogens (tertiary/aromatic N) is 2. The molecule has 0 radical (unpaired) electrons. The number of thiazole rings is 1. The lowest BCUT2D eigenvalue weighted by atomic mass is 9.99. The molecular weight excluding hydrogens is 374 g/mol. The van der Waals surface area contributed by atoms with Crippen molar-refractivity contribution in [2.45, 2.75) is 12.8 Å². The summed E-state index contributed by atoms with van der Waals surface area (Å²) < 4.78 is 29.9. The number of ether oxygens (including phenoxy) is 1. The van der Waals surface area contributed by atoms with Crippen LogP contribution in [0.15, 0.2) is 29.6 Å². The number of sulfonamides is 1. The van der Waals surface area contributed by atoms with Gasteiger partial charge < -0.3 is 10.1 Å². The Morgan fingerprint density at radius 2 is 2.08 bits per heavy atom. The Balaban J connectivity index is 1.65. The van der Waals surface area contributed by atoms with Crippen LogP contribution in [0.1, 0.15) is 12.8 Å². The third kappa shape index (κ3) is 4.40. The summed E-state index contributed by atoms with van der Waals surface area (Å²) in [6.07, 6.45) is 2.53. The van der Waals surface area contributed by atoms with Gasteiger partial charge in [0.2, 0.25) is 15.9 Å². The number of anilines is 1. The maximum Gasteiger partial charge on any atom is 0.230 e. The number of carbonyl (C=O) groups excluding carboxylic acids is 1. The number of aromatic nitrogens is 1. The second kappa shape index (κ2) is 7.73. The molecule has 1 aliphatic rings. The van der Waals surface area contributed by atoms with Gasteiger partial charge in [-0.1, -0.05) is 0 Å². The second-order valence-corrected chi connectivity index (χ2v) is 9.06. The molecule has 2 heterocycles. The summed E-state index contributed by atoms with van der Waals surface area (Å²) in [5, 5.41) is 5.21. The molecule has 140 valence electrons. The smallest absolute Gasteiger partial charge is 0.230 e. The number of methoxy groups -OCH3 is 1. The van der Waals surface area contributed by atoms with E-state index in [0.29, 0.717) is 24.5 Å². The van der Waals surface area contributed by atoms with Gasteiger partial charge in [0.25, 0.3) is 0 Å². The number of piperidine rings is 1. The summed E-state index contributed by atoms with van der Waals surface area (Å²) in [6.45, 7) is 0.697. The number of hydrogen-bond acceptors (Lipinski definition) is 6. The lowest BCUT2D eigenvalue weighted by Crippen LogP contribution is -2.43. The van der Waals surface area contributed by atoms with Gasteiger partial charge in [0.1, 0.15) is 5.75 Å². The van der Waals surface area contributed by atoms with Crippen molar-refractivity contribution < 1.29 is 17.9 Å². The van der Waals surface area contributed by atoms with Crippen molar-refractivity contribution in [3.8, 4) is 17.0 Å². The first-order chi connectivity index (χ1) is 12.4. The number of rotatable bonds is 5. The zero-order chi connectivity index (χ0) is 18.7. The number of hydrogen-bond donors (Lipinski definition) is 1. The van der Waals surface area contributed by atoms with Crippen molar-refractivity contribution in [2.75, 3.05) is 31.8 Å². The molecule has 0 spiro atoms. The van der Waals surface area contributed by atoms with Crippen LogP contribution >= 0.6 is 11.3 Å². The molecule has 2 aromatic rings. The molecule has 1 saturated heterocycles. The van der Waals surface area contributed by atoms with Crippen LogP contribution in [0.5, 0.6) is 5.75 Å².